The highest BCUT2D eigenvalue weighted by molar-refractivity contribution is 5.30. The van der Waals surface area contributed by atoms with Crippen LogP contribution >= 0.6 is 0 Å². The molecule has 0 atom stereocenters. The van der Waals surface area contributed by atoms with Crippen LogP contribution in [-0.2, 0) is 6.54 Å². The van der Waals surface area contributed by atoms with Crippen molar-refractivity contribution in [2.24, 2.45) is 0 Å². The molecule has 0 saturated carbocycles. The number of nitrogens with zero attached hydrogens (tertiary/aromatic N) is 3. The molecule has 2 heterocycles. The lowest BCUT2D eigenvalue weighted by molar-refractivity contribution is 0.268. The Morgan fingerprint density at radius 3 is 3.00 bits per heavy atom. The number of aryl methyl sites for hydroxylation is 1. The summed E-state index contributed by atoms with van der Waals surface area (Å²) in [5.74, 6) is 6.40. The van der Waals surface area contributed by atoms with Gasteiger partial charge in [-0.05, 0) is 6.42 Å². The first-order chi connectivity index (χ1) is 8.38. The highest BCUT2D eigenvalue weighted by atomic mass is 15.3. The number of aromatic nitrogens is 2. The Morgan fingerprint density at radius 1 is 1.41 bits per heavy atom. The fourth-order valence-corrected chi connectivity index (χ4v) is 1.90. The molecular formula is C13H20N4. The van der Waals surface area contributed by atoms with Gasteiger partial charge >= 0.3 is 0 Å². The zero-order chi connectivity index (χ0) is 11.9. The Hall–Kier alpha value is -1.31. The maximum Gasteiger partial charge on any atom is 0.0646 e. The molecule has 0 bridgehead atoms. The molecule has 0 aliphatic carbocycles. The van der Waals surface area contributed by atoms with Crippen molar-refractivity contribution in [1.29, 1.82) is 0 Å². The van der Waals surface area contributed by atoms with Gasteiger partial charge in [-0.3, -0.25) is 9.58 Å². The van der Waals surface area contributed by atoms with Gasteiger partial charge in [0.2, 0.25) is 0 Å². The molecule has 0 amide bonds. The van der Waals surface area contributed by atoms with Crippen molar-refractivity contribution in [2.45, 2.75) is 19.9 Å². The van der Waals surface area contributed by atoms with Crippen LogP contribution in [0.15, 0.2) is 12.4 Å². The van der Waals surface area contributed by atoms with Gasteiger partial charge in [-0.25, -0.2) is 0 Å². The lowest BCUT2D eigenvalue weighted by Crippen LogP contribution is -2.43. The van der Waals surface area contributed by atoms with E-state index in [-0.39, 0.29) is 0 Å². The van der Waals surface area contributed by atoms with Crippen LogP contribution < -0.4 is 5.32 Å². The summed E-state index contributed by atoms with van der Waals surface area (Å²) < 4.78 is 1.95. The Morgan fingerprint density at radius 2 is 2.24 bits per heavy atom. The van der Waals surface area contributed by atoms with Crippen molar-refractivity contribution < 1.29 is 0 Å². The Bertz CT molecular complexity index is 393. The summed E-state index contributed by atoms with van der Waals surface area (Å²) in [7, 11) is 0. The molecule has 1 aromatic heterocycles. The maximum absolute atomic E-state index is 4.26. The van der Waals surface area contributed by atoms with Gasteiger partial charge in [-0.15, -0.1) is 0 Å². The Labute approximate surface area is 103 Å². The molecule has 1 aliphatic rings. The quantitative estimate of drug-likeness (QED) is 0.773. The average molecular weight is 232 g/mol. The van der Waals surface area contributed by atoms with Gasteiger partial charge in [0.15, 0.2) is 0 Å². The van der Waals surface area contributed by atoms with E-state index in [1.165, 1.54) is 0 Å². The third-order valence-corrected chi connectivity index (χ3v) is 2.83. The van der Waals surface area contributed by atoms with Crippen LogP contribution in [0.5, 0.6) is 0 Å². The van der Waals surface area contributed by atoms with Crippen LogP contribution in [0.4, 0.5) is 0 Å². The van der Waals surface area contributed by atoms with Crippen LogP contribution in [0.2, 0.25) is 0 Å². The lowest BCUT2D eigenvalue weighted by atomic mass is 10.3. The summed E-state index contributed by atoms with van der Waals surface area (Å²) in [6.45, 7) is 8.34. The SMILES string of the molecule is CCCn1cc(C#CCN2CCNCC2)cn1. The smallest absolute Gasteiger partial charge is 0.0646 e. The number of piperazine rings is 1. The second-order valence-electron chi connectivity index (χ2n) is 4.32. The minimum atomic E-state index is 0.862. The molecular weight excluding hydrogens is 212 g/mol. The number of hydrogen-bond donors (Lipinski definition) is 1. The van der Waals surface area contributed by atoms with E-state index in [4.69, 9.17) is 0 Å². The summed E-state index contributed by atoms with van der Waals surface area (Å²) in [6, 6.07) is 0. The predicted molar refractivity (Wildman–Crippen MR) is 68.7 cm³/mol. The highest BCUT2D eigenvalue weighted by Gasteiger charge is 2.06. The Balaban J connectivity index is 1.82. The summed E-state index contributed by atoms with van der Waals surface area (Å²) in [5, 5.41) is 7.60. The molecule has 1 aromatic rings. The van der Waals surface area contributed by atoms with Crippen LogP contribution in [0.3, 0.4) is 0 Å². The summed E-state index contributed by atoms with van der Waals surface area (Å²) in [5.41, 5.74) is 1.02. The first kappa shape index (κ1) is 12.2. The monoisotopic (exact) mass is 232 g/mol. The second-order valence-corrected chi connectivity index (χ2v) is 4.32. The van der Waals surface area contributed by atoms with E-state index in [0.29, 0.717) is 0 Å². The molecule has 1 N–H and O–H groups in total. The Kier molecular flexibility index (Phi) is 4.60. The van der Waals surface area contributed by atoms with Gasteiger partial charge in [0.05, 0.1) is 18.3 Å². The minimum Gasteiger partial charge on any atom is -0.314 e. The van der Waals surface area contributed by atoms with Gasteiger partial charge in [-0.2, -0.15) is 5.10 Å². The van der Waals surface area contributed by atoms with Crippen molar-refractivity contribution in [3.8, 4) is 11.8 Å². The van der Waals surface area contributed by atoms with E-state index in [9.17, 15) is 0 Å². The fourth-order valence-electron chi connectivity index (χ4n) is 1.90. The zero-order valence-electron chi connectivity index (χ0n) is 10.4. The predicted octanol–water partition coefficient (Wildman–Crippen LogP) is 0.550. The van der Waals surface area contributed by atoms with E-state index in [0.717, 1.165) is 51.3 Å². The molecule has 1 saturated heterocycles. The standard InChI is InChI=1S/C13H20N4/c1-2-7-17-12-13(11-15-17)4-3-8-16-9-5-14-6-10-16/h11-12,14H,2,5-10H2,1H3. The van der Waals surface area contributed by atoms with Gasteiger partial charge in [0.25, 0.3) is 0 Å². The summed E-state index contributed by atoms with van der Waals surface area (Å²) in [6.07, 6.45) is 4.98. The fraction of sp³-hybridized carbons (Fsp3) is 0.615. The van der Waals surface area contributed by atoms with Crippen molar-refractivity contribution in [1.82, 2.24) is 20.0 Å². The molecule has 2 rings (SSSR count). The first-order valence-corrected chi connectivity index (χ1v) is 6.33. The molecule has 1 aliphatic heterocycles. The van der Waals surface area contributed by atoms with Crippen LogP contribution in [-0.4, -0.2) is 47.4 Å². The van der Waals surface area contributed by atoms with Crippen molar-refractivity contribution >= 4 is 0 Å². The molecule has 0 radical (unpaired) electrons. The third-order valence-electron chi connectivity index (χ3n) is 2.83. The molecule has 17 heavy (non-hydrogen) atoms. The maximum atomic E-state index is 4.26. The molecule has 0 spiro atoms. The van der Waals surface area contributed by atoms with Crippen LogP contribution in [0.25, 0.3) is 0 Å². The topological polar surface area (TPSA) is 33.1 Å². The molecule has 0 aromatic carbocycles. The van der Waals surface area contributed by atoms with Crippen LogP contribution in [0, 0.1) is 11.8 Å². The van der Waals surface area contributed by atoms with Gasteiger partial charge < -0.3 is 5.32 Å². The van der Waals surface area contributed by atoms with Gasteiger partial charge in [0, 0.05) is 38.9 Å². The lowest BCUT2D eigenvalue weighted by Gasteiger charge is -2.24. The zero-order valence-corrected chi connectivity index (χ0v) is 10.4. The molecule has 92 valence electrons. The van der Waals surface area contributed by atoms with E-state index < -0.39 is 0 Å². The van der Waals surface area contributed by atoms with Gasteiger partial charge in [0.1, 0.15) is 0 Å². The van der Waals surface area contributed by atoms with Crippen molar-refractivity contribution in [3.05, 3.63) is 18.0 Å². The van der Waals surface area contributed by atoms with Crippen molar-refractivity contribution in [3.63, 3.8) is 0 Å². The van der Waals surface area contributed by atoms with E-state index in [1.807, 2.05) is 17.1 Å². The molecule has 0 unspecified atom stereocenters. The molecule has 4 nitrogen and oxygen atoms in total. The van der Waals surface area contributed by atoms with E-state index in [2.05, 4.69) is 34.1 Å². The van der Waals surface area contributed by atoms with Gasteiger partial charge in [-0.1, -0.05) is 18.8 Å². The van der Waals surface area contributed by atoms with Crippen molar-refractivity contribution in [2.75, 3.05) is 32.7 Å². The van der Waals surface area contributed by atoms with E-state index >= 15 is 0 Å². The molecule has 1 fully saturated rings. The third kappa shape index (κ3) is 3.88. The number of nitrogens with one attached hydrogen (secondary N) is 1. The number of rotatable bonds is 3. The minimum absolute atomic E-state index is 0.862. The normalized spacial score (nSPS) is 16.5. The molecule has 4 heteroatoms. The van der Waals surface area contributed by atoms with E-state index in [1.54, 1.807) is 0 Å². The van der Waals surface area contributed by atoms with Crippen LogP contribution in [0.1, 0.15) is 18.9 Å². The highest BCUT2D eigenvalue weighted by Crippen LogP contribution is 1.96. The number of hydrogen-bond acceptors (Lipinski definition) is 3. The largest absolute Gasteiger partial charge is 0.314 e. The average Bonchev–Trinajstić information content (AvgIpc) is 2.79. The summed E-state index contributed by atoms with van der Waals surface area (Å²) >= 11 is 0. The first-order valence-electron chi connectivity index (χ1n) is 6.33. The second kappa shape index (κ2) is 6.43. The summed E-state index contributed by atoms with van der Waals surface area (Å²) in [4.78, 5) is 2.37.